The number of urea groups is 1. The van der Waals surface area contributed by atoms with Crippen LogP contribution in [0.5, 0.6) is 5.75 Å². The van der Waals surface area contributed by atoms with Gasteiger partial charge in [-0.25, -0.2) is 4.79 Å². The van der Waals surface area contributed by atoms with E-state index in [0.29, 0.717) is 38.1 Å². The molecule has 174 valence electrons. The van der Waals surface area contributed by atoms with Gasteiger partial charge in [0.05, 0.1) is 13.2 Å². The average Bonchev–Trinajstić information content (AvgIpc) is 3.05. The molecule has 0 radical (unpaired) electrons. The minimum absolute atomic E-state index is 0.0711. The van der Waals surface area contributed by atoms with Crippen LogP contribution in [-0.4, -0.2) is 52.9 Å². The van der Waals surface area contributed by atoms with Crippen LogP contribution in [0, 0.1) is 6.92 Å². The number of ether oxygens (including phenoxy) is 1. The van der Waals surface area contributed by atoms with Gasteiger partial charge in [-0.1, -0.05) is 43.2 Å². The Labute approximate surface area is 194 Å². The number of carbonyl (C=O) groups excluding carboxylic acids is 3. The summed E-state index contributed by atoms with van der Waals surface area (Å²) in [7, 11) is 0. The number of likely N-dealkylation sites (tertiary alicyclic amines) is 1. The maximum atomic E-state index is 13.2. The molecule has 2 aliphatic heterocycles. The lowest BCUT2D eigenvalue weighted by molar-refractivity contribution is -0.133. The number of hydrogen-bond donors (Lipinski definition) is 1. The van der Waals surface area contributed by atoms with Gasteiger partial charge in [0.25, 0.3) is 11.8 Å². The number of unbranched alkanes of at least 4 members (excludes halogenated alkanes) is 1. The smallest absolute Gasteiger partial charge is 0.325 e. The van der Waals surface area contributed by atoms with E-state index in [1.54, 1.807) is 17.0 Å². The topological polar surface area (TPSA) is 79.0 Å². The van der Waals surface area contributed by atoms with Crippen LogP contribution in [0.2, 0.25) is 0 Å². The Morgan fingerprint density at radius 2 is 1.70 bits per heavy atom. The van der Waals surface area contributed by atoms with Crippen LogP contribution >= 0.6 is 0 Å². The number of amides is 4. The van der Waals surface area contributed by atoms with E-state index in [9.17, 15) is 14.4 Å². The molecule has 0 aromatic heterocycles. The van der Waals surface area contributed by atoms with Crippen LogP contribution in [0.15, 0.2) is 48.5 Å². The first-order valence-electron chi connectivity index (χ1n) is 11.6. The van der Waals surface area contributed by atoms with Gasteiger partial charge in [-0.05, 0) is 56.0 Å². The lowest BCUT2D eigenvalue weighted by atomic mass is 9.87. The number of nitrogens with zero attached hydrogens (tertiary/aromatic N) is 2. The van der Waals surface area contributed by atoms with Crippen molar-refractivity contribution in [1.29, 1.82) is 0 Å². The summed E-state index contributed by atoms with van der Waals surface area (Å²) in [5, 5.41) is 2.91. The first-order chi connectivity index (χ1) is 15.9. The summed E-state index contributed by atoms with van der Waals surface area (Å²) in [6, 6.07) is 14.6. The summed E-state index contributed by atoms with van der Waals surface area (Å²) in [5.41, 5.74) is 1.71. The Morgan fingerprint density at radius 1 is 1.03 bits per heavy atom. The fourth-order valence-electron chi connectivity index (χ4n) is 4.34. The molecule has 2 heterocycles. The third kappa shape index (κ3) is 4.87. The highest BCUT2D eigenvalue weighted by molar-refractivity contribution is 6.07. The number of hydrogen-bond acceptors (Lipinski definition) is 4. The van der Waals surface area contributed by atoms with Crippen LogP contribution in [0.4, 0.5) is 4.79 Å². The highest BCUT2D eigenvalue weighted by Gasteiger charge is 2.52. The lowest BCUT2D eigenvalue weighted by Gasteiger charge is -2.37. The van der Waals surface area contributed by atoms with E-state index < -0.39 is 5.54 Å². The molecule has 1 N–H and O–H groups in total. The zero-order chi connectivity index (χ0) is 23.4. The van der Waals surface area contributed by atoms with Crippen molar-refractivity contribution in [2.75, 3.05) is 19.7 Å². The molecule has 2 aromatic carbocycles. The fourth-order valence-corrected chi connectivity index (χ4v) is 4.34. The Balaban J connectivity index is 1.35. The van der Waals surface area contributed by atoms with Crippen LogP contribution in [0.25, 0.3) is 0 Å². The lowest BCUT2D eigenvalue weighted by Crippen LogP contribution is -2.55. The molecule has 2 aliphatic rings. The van der Waals surface area contributed by atoms with Gasteiger partial charge >= 0.3 is 6.03 Å². The van der Waals surface area contributed by atoms with Gasteiger partial charge in [0, 0.05) is 18.7 Å². The molecule has 4 rings (SSSR count). The maximum Gasteiger partial charge on any atom is 0.325 e. The Morgan fingerprint density at radius 3 is 2.33 bits per heavy atom. The molecule has 2 aromatic rings. The van der Waals surface area contributed by atoms with Crippen molar-refractivity contribution in [3.63, 3.8) is 0 Å². The summed E-state index contributed by atoms with van der Waals surface area (Å²) in [6.07, 6.45) is 2.88. The van der Waals surface area contributed by atoms with Crippen molar-refractivity contribution < 1.29 is 19.1 Å². The first-order valence-corrected chi connectivity index (χ1v) is 11.6. The predicted octanol–water partition coefficient (Wildman–Crippen LogP) is 3.90. The molecule has 7 nitrogen and oxygen atoms in total. The fraction of sp³-hybridized carbons (Fsp3) is 0.423. The maximum absolute atomic E-state index is 13.2. The number of imide groups is 1. The van der Waals surface area contributed by atoms with Crippen molar-refractivity contribution in [1.82, 2.24) is 15.1 Å². The van der Waals surface area contributed by atoms with E-state index in [0.717, 1.165) is 29.7 Å². The van der Waals surface area contributed by atoms with Gasteiger partial charge in [-0.15, -0.1) is 0 Å². The summed E-state index contributed by atoms with van der Waals surface area (Å²) >= 11 is 0. The second-order valence-electron chi connectivity index (χ2n) is 8.91. The quantitative estimate of drug-likeness (QED) is 0.514. The molecule has 33 heavy (non-hydrogen) atoms. The van der Waals surface area contributed by atoms with E-state index in [2.05, 4.69) is 12.2 Å². The van der Waals surface area contributed by atoms with Gasteiger partial charge in [-0.3, -0.25) is 14.5 Å². The van der Waals surface area contributed by atoms with Crippen LogP contribution in [0.1, 0.15) is 54.1 Å². The van der Waals surface area contributed by atoms with Crippen molar-refractivity contribution in [2.24, 2.45) is 0 Å². The van der Waals surface area contributed by atoms with Crippen LogP contribution < -0.4 is 10.1 Å². The molecule has 0 aliphatic carbocycles. The normalized spacial score (nSPS) is 17.4. The number of carbonyl (C=O) groups is 3. The van der Waals surface area contributed by atoms with Crippen LogP contribution in [0.3, 0.4) is 0 Å². The van der Waals surface area contributed by atoms with Crippen molar-refractivity contribution in [3.05, 3.63) is 65.2 Å². The number of nitrogens with one attached hydrogen (secondary N) is 1. The summed E-state index contributed by atoms with van der Waals surface area (Å²) in [4.78, 5) is 41.8. The molecular formula is C26H31N3O4. The predicted molar refractivity (Wildman–Crippen MR) is 125 cm³/mol. The average molecular weight is 450 g/mol. The Kier molecular flexibility index (Phi) is 6.67. The molecule has 1 spiro atoms. The summed E-state index contributed by atoms with van der Waals surface area (Å²) in [5.74, 6) is 0.484. The van der Waals surface area contributed by atoms with Crippen molar-refractivity contribution >= 4 is 17.8 Å². The molecule has 0 bridgehead atoms. The number of piperidine rings is 1. The molecule has 7 heteroatoms. The minimum Gasteiger partial charge on any atom is -0.494 e. The third-order valence-electron chi connectivity index (χ3n) is 6.48. The molecule has 2 fully saturated rings. The molecule has 4 amide bonds. The number of aryl methyl sites for hydroxylation is 1. The first kappa shape index (κ1) is 22.8. The highest BCUT2D eigenvalue weighted by atomic mass is 16.5. The number of benzene rings is 2. The summed E-state index contributed by atoms with van der Waals surface area (Å²) < 4.78 is 5.66. The van der Waals surface area contributed by atoms with Crippen molar-refractivity contribution in [3.8, 4) is 5.75 Å². The number of rotatable bonds is 7. The van der Waals surface area contributed by atoms with E-state index in [1.165, 1.54) is 4.90 Å². The van der Waals surface area contributed by atoms with Crippen LogP contribution in [-0.2, 0) is 11.3 Å². The second-order valence-corrected chi connectivity index (χ2v) is 8.91. The molecular weight excluding hydrogens is 418 g/mol. The highest BCUT2D eigenvalue weighted by Crippen LogP contribution is 2.31. The monoisotopic (exact) mass is 449 g/mol. The van der Waals surface area contributed by atoms with Gasteiger partial charge in [-0.2, -0.15) is 0 Å². The zero-order valence-corrected chi connectivity index (χ0v) is 19.3. The molecule has 2 saturated heterocycles. The van der Waals surface area contributed by atoms with Gasteiger partial charge in [0.2, 0.25) is 0 Å². The van der Waals surface area contributed by atoms with Crippen molar-refractivity contribution in [2.45, 2.75) is 51.6 Å². The Bertz CT molecular complexity index is 1010. The third-order valence-corrected chi connectivity index (χ3v) is 6.48. The largest absolute Gasteiger partial charge is 0.494 e. The van der Waals surface area contributed by atoms with Gasteiger partial charge in [0.1, 0.15) is 11.3 Å². The van der Waals surface area contributed by atoms with Gasteiger partial charge < -0.3 is 15.0 Å². The summed E-state index contributed by atoms with van der Waals surface area (Å²) in [6.45, 7) is 5.86. The van der Waals surface area contributed by atoms with Gasteiger partial charge in [0.15, 0.2) is 0 Å². The molecule has 0 saturated carbocycles. The standard InChI is InChI=1S/C26H31N3O4/c1-3-4-17-33-22-11-9-21(10-12-22)23(30)28-15-13-26(14-16-28)24(31)29(25(32)27-26)18-20-7-5-19(2)6-8-20/h5-12H,3-4,13-18H2,1-2H3,(H,27,32). The second kappa shape index (κ2) is 9.65. The molecule has 0 unspecified atom stereocenters. The Hall–Kier alpha value is -3.35. The molecule has 0 atom stereocenters. The van der Waals surface area contributed by atoms with E-state index >= 15 is 0 Å². The zero-order valence-electron chi connectivity index (χ0n) is 19.3. The van der Waals surface area contributed by atoms with E-state index in [4.69, 9.17) is 4.74 Å². The SMILES string of the molecule is CCCCOc1ccc(C(=O)N2CCC3(CC2)NC(=O)N(Cc2ccc(C)cc2)C3=O)cc1. The van der Waals surface area contributed by atoms with E-state index in [1.807, 2.05) is 43.3 Å². The minimum atomic E-state index is -0.921. The van der Waals surface area contributed by atoms with E-state index in [-0.39, 0.29) is 24.4 Å².